The molecule has 1 saturated carbocycles. The normalized spacial score (nSPS) is 28.5. The van der Waals surface area contributed by atoms with Gasteiger partial charge in [0.05, 0.1) is 5.02 Å². The van der Waals surface area contributed by atoms with Gasteiger partial charge in [-0.05, 0) is 49.3 Å². The van der Waals surface area contributed by atoms with Crippen LogP contribution in [0.15, 0.2) is 18.5 Å². The lowest BCUT2D eigenvalue weighted by molar-refractivity contribution is 0.322. The molecule has 0 spiro atoms. The van der Waals surface area contributed by atoms with Crippen molar-refractivity contribution >= 4 is 11.6 Å². The second-order valence-corrected chi connectivity index (χ2v) is 5.86. The number of nitrogens with one attached hydrogen (secondary N) is 1. The molecule has 0 amide bonds. The molecule has 2 unspecified atom stereocenters. The average Bonchev–Trinajstić information content (AvgIpc) is 2.64. The molecule has 1 N–H and O–H groups in total. The van der Waals surface area contributed by atoms with Gasteiger partial charge in [0, 0.05) is 18.4 Å². The lowest BCUT2D eigenvalue weighted by atomic mass is 9.82. The van der Waals surface area contributed by atoms with Crippen LogP contribution in [0.4, 0.5) is 0 Å². The van der Waals surface area contributed by atoms with Crippen molar-refractivity contribution in [1.29, 1.82) is 0 Å². The van der Waals surface area contributed by atoms with Gasteiger partial charge in [-0.3, -0.25) is 4.98 Å². The molecule has 0 radical (unpaired) electrons. The number of halogens is 1. The van der Waals surface area contributed by atoms with Gasteiger partial charge in [-0.15, -0.1) is 0 Å². The number of pyridine rings is 1. The highest BCUT2D eigenvalue weighted by Crippen LogP contribution is 2.41. The first-order chi connectivity index (χ1) is 8.13. The zero-order valence-electron chi connectivity index (χ0n) is 10.7. The van der Waals surface area contributed by atoms with E-state index in [1.165, 1.54) is 24.8 Å². The second-order valence-electron chi connectivity index (χ2n) is 5.45. The smallest absolute Gasteiger partial charge is 0.0621 e. The van der Waals surface area contributed by atoms with Crippen molar-refractivity contribution in [2.45, 2.75) is 45.6 Å². The molecule has 2 nitrogen and oxygen atoms in total. The topological polar surface area (TPSA) is 24.9 Å². The summed E-state index contributed by atoms with van der Waals surface area (Å²) >= 11 is 6.18. The Morgan fingerprint density at radius 2 is 2.41 bits per heavy atom. The van der Waals surface area contributed by atoms with Crippen molar-refractivity contribution in [2.24, 2.45) is 5.41 Å². The van der Waals surface area contributed by atoms with Gasteiger partial charge in [-0.25, -0.2) is 0 Å². The van der Waals surface area contributed by atoms with E-state index in [1.807, 2.05) is 12.3 Å². The number of aromatic nitrogens is 1. The lowest BCUT2D eigenvalue weighted by Gasteiger charge is -2.25. The summed E-state index contributed by atoms with van der Waals surface area (Å²) in [6.45, 7) is 5.62. The molecule has 1 fully saturated rings. The molecular formula is C14H21ClN2. The van der Waals surface area contributed by atoms with E-state index in [9.17, 15) is 0 Å². The Morgan fingerprint density at radius 3 is 3.12 bits per heavy atom. The van der Waals surface area contributed by atoms with E-state index in [-0.39, 0.29) is 0 Å². The van der Waals surface area contributed by atoms with E-state index >= 15 is 0 Å². The fourth-order valence-corrected chi connectivity index (χ4v) is 3.14. The van der Waals surface area contributed by atoms with Gasteiger partial charge < -0.3 is 5.32 Å². The minimum Gasteiger partial charge on any atom is -0.314 e. The Hall–Kier alpha value is -0.600. The summed E-state index contributed by atoms with van der Waals surface area (Å²) in [7, 11) is 0. The largest absolute Gasteiger partial charge is 0.314 e. The number of nitrogens with zero attached hydrogens (tertiary/aromatic N) is 1. The number of hydrogen-bond donors (Lipinski definition) is 1. The molecule has 1 aromatic rings. The standard InChI is InChI=1S/C14H21ClN2/c1-3-17-12-4-6-14(2,9-12)8-11-5-7-16-10-13(11)15/h5,7,10,12,17H,3-4,6,8-9H2,1-2H3. The van der Waals surface area contributed by atoms with E-state index in [0.29, 0.717) is 11.5 Å². The molecule has 1 heterocycles. The highest BCUT2D eigenvalue weighted by Gasteiger charge is 2.34. The van der Waals surface area contributed by atoms with Gasteiger partial charge in [-0.1, -0.05) is 25.4 Å². The van der Waals surface area contributed by atoms with Crippen LogP contribution >= 0.6 is 11.6 Å². The third-order valence-corrected chi connectivity index (χ3v) is 4.14. The maximum atomic E-state index is 6.18. The van der Waals surface area contributed by atoms with Crippen LogP contribution in [0.2, 0.25) is 5.02 Å². The summed E-state index contributed by atoms with van der Waals surface area (Å²) < 4.78 is 0. The Bertz CT molecular complexity index is 380. The van der Waals surface area contributed by atoms with Crippen molar-refractivity contribution in [2.75, 3.05) is 6.54 Å². The Balaban J connectivity index is 2.02. The Kier molecular flexibility index (Phi) is 4.05. The van der Waals surface area contributed by atoms with Gasteiger partial charge >= 0.3 is 0 Å². The van der Waals surface area contributed by atoms with E-state index in [4.69, 9.17) is 11.6 Å². The molecule has 0 aromatic carbocycles. The van der Waals surface area contributed by atoms with Gasteiger partial charge in [0.25, 0.3) is 0 Å². The minimum absolute atomic E-state index is 0.387. The van der Waals surface area contributed by atoms with Crippen molar-refractivity contribution in [3.05, 3.63) is 29.0 Å². The summed E-state index contributed by atoms with van der Waals surface area (Å²) in [5.74, 6) is 0. The molecule has 0 bridgehead atoms. The van der Waals surface area contributed by atoms with E-state index in [0.717, 1.165) is 18.0 Å². The Labute approximate surface area is 109 Å². The molecule has 1 aliphatic rings. The highest BCUT2D eigenvalue weighted by molar-refractivity contribution is 6.31. The lowest BCUT2D eigenvalue weighted by Crippen LogP contribution is -2.28. The summed E-state index contributed by atoms with van der Waals surface area (Å²) in [4.78, 5) is 4.04. The summed E-state index contributed by atoms with van der Waals surface area (Å²) in [5.41, 5.74) is 1.62. The number of hydrogen-bond acceptors (Lipinski definition) is 2. The first-order valence-electron chi connectivity index (χ1n) is 6.45. The van der Waals surface area contributed by atoms with Crippen molar-refractivity contribution in [3.8, 4) is 0 Å². The van der Waals surface area contributed by atoms with Crippen molar-refractivity contribution < 1.29 is 0 Å². The minimum atomic E-state index is 0.387. The third kappa shape index (κ3) is 3.20. The zero-order chi connectivity index (χ0) is 12.3. The van der Waals surface area contributed by atoms with Crippen LogP contribution in [0.25, 0.3) is 0 Å². The second kappa shape index (κ2) is 5.36. The van der Waals surface area contributed by atoms with Gasteiger partial charge in [0.15, 0.2) is 0 Å². The van der Waals surface area contributed by atoms with Crippen LogP contribution in [0.1, 0.15) is 38.7 Å². The monoisotopic (exact) mass is 252 g/mol. The zero-order valence-corrected chi connectivity index (χ0v) is 11.4. The first-order valence-corrected chi connectivity index (χ1v) is 6.82. The quantitative estimate of drug-likeness (QED) is 0.888. The van der Waals surface area contributed by atoms with Crippen molar-refractivity contribution in [1.82, 2.24) is 10.3 Å². The molecule has 3 heteroatoms. The Morgan fingerprint density at radius 1 is 1.59 bits per heavy atom. The van der Waals surface area contributed by atoms with Crippen LogP contribution in [0, 0.1) is 5.41 Å². The first kappa shape index (κ1) is 12.8. The van der Waals surface area contributed by atoms with Crippen molar-refractivity contribution in [3.63, 3.8) is 0 Å². The average molecular weight is 253 g/mol. The van der Waals surface area contributed by atoms with E-state index in [1.54, 1.807) is 6.20 Å². The maximum Gasteiger partial charge on any atom is 0.0621 e. The predicted octanol–water partition coefficient (Wildman–Crippen LogP) is 3.45. The maximum absolute atomic E-state index is 6.18. The third-order valence-electron chi connectivity index (χ3n) is 3.80. The number of rotatable bonds is 4. The van der Waals surface area contributed by atoms with Gasteiger partial charge in [0.1, 0.15) is 0 Å². The van der Waals surface area contributed by atoms with Crippen LogP contribution in [0.5, 0.6) is 0 Å². The molecule has 17 heavy (non-hydrogen) atoms. The fraction of sp³-hybridized carbons (Fsp3) is 0.643. The van der Waals surface area contributed by atoms with Crippen LogP contribution < -0.4 is 5.32 Å². The highest BCUT2D eigenvalue weighted by atomic mass is 35.5. The molecule has 0 aliphatic heterocycles. The molecular weight excluding hydrogens is 232 g/mol. The van der Waals surface area contributed by atoms with Gasteiger partial charge in [0.2, 0.25) is 0 Å². The summed E-state index contributed by atoms with van der Waals surface area (Å²) in [6, 6.07) is 2.74. The fourth-order valence-electron chi connectivity index (χ4n) is 2.95. The predicted molar refractivity (Wildman–Crippen MR) is 72.4 cm³/mol. The van der Waals surface area contributed by atoms with Crippen LogP contribution in [0.3, 0.4) is 0 Å². The molecule has 1 aliphatic carbocycles. The van der Waals surface area contributed by atoms with E-state index < -0.39 is 0 Å². The van der Waals surface area contributed by atoms with Crippen LogP contribution in [-0.4, -0.2) is 17.6 Å². The van der Waals surface area contributed by atoms with Gasteiger partial charge in [-0.2, -0.15) is 0 Å². The molecule has 1 aromatic heterocycles. The van der Waals surface area contributed by atoms with E-state index in [2.05, 4.69) is 24.1 Å². The molecule has 94 valence electrons. The SMILES string of the molecule is CCNC1CCC(C)(Cc2ccncc2Cl)C1. The molecule has 2 atom stereocenters. The molecule has 0 saturated heterocycles. The summed E-state index contributed by atoms with van der Waals surface area (Å²) in [5, 5.41) is 4.36. The summed E-state index contributed by atoms with van der Waals surface area (Å²) in [6.07, 6.45) is 8.46. The molecule has 2 rings (SSSR count). The van der Waals surface area contributed by atoms with Crippen LogP contribution in [-0.2, 0) is 6.42 Å².